The van der Waals surface area contributed by atoms with Crippen LogP contribution in [0.15, 0.2) is 60.7 Å². The molecule has 1 atom stereocenters. The van der Waals surface area contributed by atoms with Gasteiger partial charge in [-0.25, -0.2) is 4.39 Å². The summed E-state index contributed by atoms with van der Waals surface area (Å²) in [4.78, 5) is 42.8. The van der Waals surface area contributed by atoms with E-state index in [2.05, 4.69) is 5.32 Å². The third-order valence-corrected chi connectivity index (χ3v) is 7.56. The minimum atomic E-state index is -0.662. The third-order valence-electron chi connectivity index (χ3n) is 7.56. The molecule has 5 rings (SSSR count). The highest BCUT2D eigenvalue weighted by atomic mass is 19.1. The molecule has 7 heteroatoms. The van der Waals surface area contributed by atoms with Crippen molar-refractivity contribution >= 4 is 34.2 Å². The molecular weight excluding hydrogens is 469 g/mol. The summed E-state index contributed by atoms with van der Waals surface area (Å²) in [6.45, 7) is 2.37. The number of carbonyl (C=O) groups is 3. The van der Waals surface area contributed by atoms with E-state index < -0.39 is 6.04 Å². The van der Waals surface area contributed by atoms with Crippen molar-refractivity contribution in [3.63, 3.8) is 0 Å². The van der Waals surface area contributed by atoms with Gasteiger partial charge in [-0.15, -0.1) is 0 Å². The Kier molecular flexibility index (Phi) is 7.22. The Labute approximate surface area is 216 Å². The molecule has 0 aromatic heterocycles. The average Bonchev–Trinajstić information content (AvgIpc) is 3.51. The van der Waals surface area contributed by atoms with E-state index in [0.29, 0.717) is 18.5 Å². The molecule has 3 aromatic carbocycles. The van der Waals surface area contributed by atoms with Crippen LogP contribution in [0.25, 0.3) is 10.8 Å². The van der Waals surface area contributed by atoms with Gasteiger partial charge in [-0.3, -0.25) is 14.4 Å². The van der Waals surface area contributed by atoms with Gasteiger partial charge in [-0.05, 0) is 61.4 Å². The van der Waals surface area contributed by atoms with Crippen LogP contribution in [0.3, 0.4) is 0 Å². The van der Waals surface area contributed by atoms with Crippen LogP contribution in [0.2, 0.25) is 0 Å². The lowest BCUT2D eigenvalue weighted by atomic mass is 10.1. The molecule has 0 radical (unpaired) electrons. The zero-order valence-corrected chi connectivity index (χ0v) is 21.1. The van der Waals surface area contributed by atoms with E-state index in [-0.39, 0.29) is 42.5 Å². The van der Waals surface area contributed by atoms with Crippen molar-refractivity contribution in [3.8, 4) is 0 Å². The van der Waals surface area contributed by atoms with Crippen LogP contribution in [0.4, 0.5) is 10.1 Å². The smallest absolute Gasteiger partial charge is 0.258 e. The first kappa shape index (κ1) is 24.9. The van der Waals surface area contributed by atoms with E-state index in [1.165, 1.54) is 12.1 Å². The van der Waals surface area contributed by atoms with E-state index in [1.807, 2.05) is 36.4 Å². The number of hydrogen-bond acceptors (Lipinski definition) is 3. The van der Waals surface area contributed by atoms with Crippen molar-refractivity contribution in [2.24, 2.45) is 0 Å². The fourth-order valence-corrected chi connectivity index (χ4v) is 5.49. The number of nitrogens with one attached hydrogen (secondary N) is 1. The fourth-order valence-electron chi connectivity index (χ4n) is 5.49. The lowest BCUT2D eigenvalue weighted by Crippen LogP contribution is -2.49. The van der Waals surface area contributed by atoms with E-state index in [0.717, 1.165) is 47.7 Å². The lowest BCUT2D eigenvalue weighted by molar-refractivity contribution is -0.141. The number of amides is 3. The van der Waals surface area contributed by atoms with Crippen molar-refractivity contribution in [2.75, 3.05) is 11.4 Å². The minimum Gasteiger partial charge on any atom is -0.352 e. The first-order valence-corrected chi connectivity index (χ1v) is 13.1. The number of benzene rings is 3. The predicted octanol–water partition coefficient (Wildman–Crippen LogP) is 5.20. The van der Waals surface area contributed by atoms with Crippen molar-refractivity contribution in [1.29, 1.82) is 0 Å². The van der Waals surface area contributed by atoms with E-state index in [4.69, 9.17) is 0 Å². The van der Waals surface area contributed by atoms with Crippen molar-refractivity contribution in [2.45, 2.75) is 64.1 Å². The average molecular weight is 502 g/mol. The van der Waals surface area contributed by atoms with Gasteiger partial charge in [0.05, 0.1) is 5.69 Å². The molecule has 6 nitrogen and oxygen atoms in total. The zero-order valence-electron chi connectivity index (χ0n) is 21.1. The number of halogens is 1. The van der Waals surface area contributed by atoms with E-state index in [1.54, 1.807) is 28.9 Å². The van der Waals surface area contributed by atoms with Crippen molar-refractivity contribution in [1.82, 2.24) is 10.2 Å². The first-order chi connectivity index (χ1) is 17.9. The summed E-state index contributed by atoms with van der Waals surface area (Å²) >= 11 is 0. The molecular formula is C30H32FN3O3. The van der Waals surface area contributed by atoms with Crippen LogP contribution in [0, 0.1) is 5.82 Å². The highest BCUT2D eigenvalue weighted by Gasteiger charge is 2.31. The molecule has 2 aliphatic rings. The van der Waals surface area contributed by atoms with Gasteiger partial charge < -0.3 is 15.1 Å². The Balaban J connectivity index is 1.27. The monoisotopic (exact) mass is 501 g/mol. The molecule has 1 fully saturated rings. The van der Waals surface area contributed by atoms with Crippen molar-refractivity contribution < 1.29 is 18.8 Å². The molecule has 1 aliphatic carbocycles. The standard InChI is InChI=1S/C30H32FN3O3/c1-20(29(36)32-24-9-2-3-10-24)34(19-21-14-16-23(31)17-15-21)27(35)13-6-18-33-26-12-5-8-22-7-4-11-25(28(22)26)30(33)37/h4-5,7-8,11-12,14-17,20,24H,2-3,6,9-10,13,18-19H2,1H3,(H,32,36)/t20-/m0/s1. The van der Waals surface area contributed by atoms with E-state index >= 15 is 0 Å². The molecule has 0 saturated heterocycles. The number of nitrogens with zero attached hydrogens (tertiary/aromatic N) is 2. The molecule has 0 unspecified atom stereocenters. The Morgan fingerprint density at radius 1 is 1.05 bits per heavy atom. The molecule has 0 bridgehead atoms. The van der Waals surface area contributed by atoms with Crippen LogP contribution in [0.1, 0.15) is 61.4 Å². The molecule has 1 saturated carbocycles. The second-order valence-corrected chi connectivity index (χ2v) is 10.1. The van der Waals surface area contributed by atoms with Gasteiger partial charge in [-0.2, -0.15) is 0 Å². The minimum absolute atomic E-state index is 0.0493. The molecule has 1 aliphatic heterocycles. The maximum atomic E-state index is 13.4. The fraction of sp³-hybridized carbons (Fsp3) is 0.367. The second-order valence-electron chi connectivity index (χ2n) is 10.1. The second kappa shape index (κ2) is 10.7. The van der Waals surface area contributed by atoms with Crippen LogP contribution >= 0.6 is 0 Å². The maximum absolute atomic E-state index is 13.4. The maximum Gasteiger partial charge on any atom is 0.258 e. The zero-order chi connectivity index (χ0) is 25.9. The summed E-state index contributed by atoms with van der Waals surface area (Å²) in [5.74, 6) is -0.730. The molecule has 3 aromatic rings. The molecule has 3 amide bonds. The third kappa shape index (κ3) is 5.22. The summed E-state index contributed by atoms with van der Waals surface area (Å²) in [5.41, 5.74) is 2.32. The first-order valence-electron chi connectivity index (χ1n) is 13.1. The Morgan fingerprint density at radius 2 is 1.76 bits per heavy atom. The predicted molar refractivity (Wildman–Crippen MR) is 142 cm³/mol. The lowest BCUT2D eigenvalue weighted by Gasteiger charge is -2.30. The summed E-state index contributed by atoms with van der Waals surface area (Å²) in [6, 6.07) is 17.1. The largest absolute Gasteiger partial charge is 0.352 e. The Bertz CT molecular complexity index is 1310. The van der Waals surface area contributed by atoms with Crippen LogP contribution < -0.4 is 10.2 Å². The van der Waals surface area contributed by atoms with Gasteiger partial charge in [0.1, 0.15) is 11.9 Å². The Hall–Kier alpha value is -3.74. The van der Waals surface area contributed by atoms with Crippen molar-refractivity contribution in [3.05, 3.63) is 77.6 Å². The number of carbonyl (C=O) groups excluding carboxylic acids is 3. The topological polar surface area (TPSA) is 69.7 Å². The summed E-state index contributed by atoms with van der Waals surface area (Å²) in [5, 5.41) is 5.07. The summed E-state index contributed by atoms with van der Waals surface area (Å²) in [7, 11) is 0. The molecule has 1 N–H and O–H groups in total. The molecule has 37 heavy (non-hydrogen) atoms. The van der Waals surface area contributed by atoms with E-state index in [9.17, 15) is 18.8 Å². The molecule has 0 spiro atoms. The van der Waals surface area contributed by atoms with Gasteiger partial charge >= 0.3 is 0 Å². The van der Waals surface area contributed by atoms with Gasteiger partial charge in [0.25, 0.3) is 5.91 Å². The number of anilines is 1. The SMILES string of the molecule is C[C@@H](C(=O)NC1CCCC1)N(Cc1ccc(F)cc1)C(=O)CCCN1C(=O)c2cccc3cccc1c23. The highest BCUT2D eigenvalue weighted by molar-refractivity contribution is 6.25. The number of rotatable bonds is 9. The van der Waals surface area contributed by atoms with Crippen LogP contribution in [-0.4, -0.2) is 41.2 Å². The van der Waals surface area contributed by atoms with Gasteiger partial charge in [0.2, 0.25) is 11.8 Å². The highest BCUT2D eigenvalue weighted by Crippen LogP contribution is 2.37. The summed E-state index contributed by atoms with van der Waals surface area (Å²) in [6.07, 6.45) is 4.78. The quantitative estimate of drug-likeness (QED) is 0.438. The normalized spacial score (nSPS) is 15.8. The van der Waals surface area contributed by atoms with Gasteiger partial charge in [0, 0.05) is 36.5 Å². The van der Waals surface area contributed by atoms with Gasteiger partial charge in [0.15, 0.2) is 0 Å². The number of hydrogen-bond donors (Lipinski definition) is 1. The molecule has 1 heterocycles. The molecule has 192 valence electrons. The Morgan fingerprint density at radius 3 is 2.49 bits per heavy atom. The van der Waals surface area contributed by atoms with Crippen LogP contribution in [0.5, 0.6) is 0 Å². The van der Waals surface area contributed by atoms with Gasteiger partial charge in [-0.1, -0.05) is 49.2 Å². The summed E-state index contributed by atoms with van der Waals surface area (Å²) < 4.78 is 13.4. The van der Waals surface area contributed by atoms with Crippen LogP contribution in [-0.2, 0) is 16.1 Å².